The highest BCUT2D eigenvalue weighted by molar-refractivity contribution is 5.85. The van der Waals surface area contributed by atoms with Gasteiger partial charge < -0.3 is 9.30 Å². The fourth-order valence-corrected chi connectivity index (χ4v) is 2.22. The van der Waals surface area contributed by atoms with Gasteiger partial charge in [0.2, 0.25) is 0 Å². The van der Waals surface area contributed by atoms with Crippen LogP contribution in [0.5, 0.6) is 0 Å². The van der Waals surface area contributed by atoms with Crippen LogP contribution in [-0.4, -0.2) is 26.8 Å². The van der Waals surface area contributed by atoms with Gasteiger partial charge in [0, 0.05) is 36.2 Å². The first-order valence-corrected chi connectivity index (χ1v) is 7.20. The summed E-state index contributed by atoms with van der Waals surface area (Å²) < 4.78 is 7.80. The van der Waals surface area contributed by atoms with Crippen molar-refractivity contribution in [2.24, 2.45) is 0 Å². The van der Waals surface area contributed by atoms with Gasteiger partial charge in [0.25, 0.3) is 5.56 Å². The summed E-state index contributed by atoms with van der Waals surface area (Å²) in [4.78, 5) is 23.4. The largest absolute Gasteiger partial charge is 0.463 e. The second-order valence-corrected chi connectivity index (χ2v) is 4.79. The molecule has 0 radical (unpaired) electrons. The number of nitrogens with zero attached hydrogens (tertiary/aromatic N) is 3. The Bertz CT molecular complexity index is 923. The molecular weight excluding hydrogens is 294 g/mol. The number of carbonyl (C=O) groups is 1. The number of benzene rings is 1. The van der Waals surface area contributed by atoms with E-state index in [0.717, 1.165) is 5.56 Å². The molecular formula is C17H15N3O3. The van der Waals surface area contributed by atoms with Crippen molar-refractivity contribution in [2.45, 2.75) is 6.92 Å². The predicted molar refractivity (Wildman–Crippen MR) is 86.9 cm³/mol. The monoisotopic (exact) mass is 309 g/mol. The third kappa shape index (κ3) is 3.06. The number of rotatable bonds is 4. The minimum atomic E-state index is -0.438. The molecule has 3 aromatic rings. The van der Waals surface area contributed by atoms with Crippen LogP contribution in [0.3, 0.4) is 0 Å². The zero-order valence-electron chi connectivity index (χ0n) is 12.5. The molecule has 0 aliphatic carbocycles. The minimum Gasteiger partial charge on any atom is -0.463 e. The van der Waals surface area contributed by atoms with Gasteiger partial charge in [-0.25, -0.2) is 4.79 Å². The summed E-state index contributed by atoms with van der Waals surface area (Å²) in [7, 11) is 0. The van der Waals surface area contributed by atoms with Crippen LogP contribution < -0.4 is 5.56 Å². The number of ether oxygens (including phenoxy) is 1. The van der Waals surface area contributed by atoms with E-state index in [1.54, 1.807) is 30.0 Å². The maximum Gasteiger partial charge on any atom is 0.332 e. The average Bonchev–Trinajstić information content (AvgIpc) is 3.02. The molecule has 0 fully saturated rings. The Hall–Kier alpha value is -3.15. The van der Waals surface area contributed by atoms with Gasteiger partial charge in [0.1, 0.15) is 5.65 Å². The van der Waals surface area contributed by atoms with Crippen LogP contribution in [0, 0.1) is 0 Å². The van der Waals surface area contributed by atoms with Crippen molar-refractivity contribution in [1.82, 2.24) is 14.2 Å². The summed E-state index contributed by atoms with van der Waals surface area (Å²) in [6.07, 6.45) is 4.44. The highest BCUT2D eigenvalue weighted by atomic mass is 16.5. The number of esters is 1. The topological polar surface area (TPSA) is 65.6 Å². The second-order valence-electron chi connectivity index (χ2n) is 4.79. The van der Waals surface area contributed by atoms with Crippen molar-refractivity contribution >= 4 is 17.8 Å². The Balaban J connectivity index is 2.07. The van der Waals surface area contributed by atoms with Crippen molar-refractivity contribution in [3.05, 3.63) is 65.1 Å². The highest BCUT2D eigenvalue weighted by Gasteiger charge is 2.08. The lowest BCUT2D eigenvalue weighted by Gasteiger charge is -2.01. The number of fused-ring (bicyclic) bond motifs is 1. The average molecular weight is 309 g/mol. The summed E-state index contributed by atoms with van der Waals surface area (Å²) in [5.74, 6) is -0.438. The Morgan fingerprint density at radius 1 is 1.26 bits per heavy atom. The molecule has 2 aromatic heterocycles. The van der Waals surface area contributed by atoms with Crippen molar-refractivity contribution in [2.75, 3.05) is 6.61 Å². The molecule has 6 heteroatoms. The van der Waals surface area contributed by atoms with E-state index < -0.39 is 5.97 Å². The maximum absolute atomic E-state index is 12.0. The lowest BCUT2D eigenvalue weighted by atomic mass is 10.2. The van der Waals surface area contributed by atoms with Gasteiger partial charge >= 0.3 is 5.97 Å². The first-order chi connectivity index (χ1) is 11.2. The fourth-order valence-electron chi connectivity index (χ4n) is 2.22. The van der Waals surface area contributed by atoms with Crippen molar-refractivity contribution < 1.29 is 9.53 Å². The Morgan fingerprint density at radius 2 is 2.04 bits per heavy atom. The Kier molecular flexibility index (Phi) is 4.05. The third-order valence-corrected chi connectivity index (χ3v) is 3.27. The quantitative estimate of drug-likeness (QED) is 0.547. The van der Waals surface area contributed by atoms with Crippen LogP contribution in [0.25, 0.3) is 23.1 Å². The van der Waals surface area contributed by atoms with E-state index in [-0.39, 0.29) is 5.56 Å². The first-order valence-electron chi connectivity index (χ1n) is 7.20. The Morgan fingerprint density at radius 3 is 2.78 bits per heavy atom. The number of hydrogen-bond acceptors (Lipinski definition) is 4. The van der Waals surface area contributed by atoms with E-state index >= 15 is 0 Å². The van der Waals surface area contributed by atoms with Gasteiger partial charge in [-0.05, 0) is 6.92 Å². The first kappa shape index (κ1) is 14.8. The molecule has 6 nitrogen and oxygen atoms in total. The molecule has 23 heavy (non-hydrogen) atoms. The fraction of sp³-hybridized carbons (Fsp3) is 0.118. The lowest BCUT2D eigenvalue weighted by Crippen LogP contribution is -2.15. The molecule has 0 unspecified atom stereocenters. The molecule has 0 N–H and O–H groups in total. The van der Waals surface area contributed by atoms with Gasteiger partial charge in [-0.2, -0.15) is 9.61 Å². The van der Waals surface area contributed by atoms with Crippen LogP contribution in [-0.2, 0) is 9.53 Å². The van der Waals surface area contributed by atoms with E-state index in [0.29, 0.717) is 17.9 Å². The molecule has 0 saturated heterocycles. The van der Waals surface area contributed by atoms with Gasteiger partial charge in [0.15, 0.2) is 0 Å². The molecule has 0 bridgehead atoms. The zero-order valence-corrected chi connectivity index (χ0v) is 12.5. The lowest BCUT2D eigenvalue weighted by molar-refractivity contribution is -0.137. The van der Waals surface area contributed by atoms with Crippen molar-refractivity contribution in [3.8, 4) is 11.3 Å². The van der Waals surface area contributed by atoms with Crippen molar-refractivity contribution in [1.29, 1.82) is 0 Å². The van der Waals surface area contributed by atoms with Crippen LogP contribution in [0.15, 0.2) is 59.5 Å². The Labute approximate surface area is 132 Å². The van der Waals surface area contributed by atoms with Crippen LogP contribution in [0.1, 0.15) is 6.92 Å². The van der Waals surface area contributed by atoms with Gasteiger partial charge in [-0.1, -0.05) is 30.3 Å². The molecule has 2 heterocycles. The minimum absolute atomic E-state index is 0.233. The normalized spacial score (nSPS) is 11.2. The summed E-state index contributed by atoms with van der Waals surface area (Å²) in [6, 6.07) is 12.8. The van der Waals surface area contributed by atoms with Crippen LogP contribution in [0.2, 0.25) is 0 Å². The maximum atomic E-state index is 12.0. The summed E-state index contributed by atoms with van der Waals surface area (Å²) >= 11 is 0. The zero-order chi connectivity index (χ0) is 16.2. The molecule has 116 valence electrons. The number of hydrogen-bond donors (Lipinski definition) is 0. The molecule has 0 amide bonds. The standard InChI is InChI=1S/C17H15N3O3/c1-2-23-17(22)9-11-19-10-8-16(21)20-15(19)12-14(18-20)13-6-4-3-5-7-13/h3-12H,2H2,1H3/b11-9+. The second kappa shape index (κ2) is 6.31. The highest BCUT2D eigenvalue weighted by Crippen LogP contribution is 2.18. The summed E-state index contributed by atoms with van der Waals surface area (Å²) in [5.41, 5.74) is 1.93. The number of carbonyl (C=O) groups excluding carboxylic acids is 1. The van der Waals surface area contributed by atoms with E-state index in [2.05, 4.69) is 5.10 Å². The molecule has 0 aliphatic heterocycles. The molecule has 0 atom stereocenters. The summed E-state index contributed by atoms with van der Waals surface area (Å²) in [5, 5.41) is 4.34. The third-order valence-electron chi connectivity index (χ3n) is 3.27. The molecule has 0 spiro atoms. The summed E-state index contributed by atoms with van der Waals surface area (Å²) in [6.45, 7) is 2.06. The van der Waals surface area contributed by atoms with E-state index in [1.165, 1.54) is 16.7 Å². The SMILES string of the molecule is CCOC(=O)/C=C/n1ccc(=O)n2nc(-c3ccccc3)cc12. The predicted octanol–water partition coefficient (Wildman–Crippen LogP) is 2.20. The van der Waals surface area contributed by atoms with Crippen LogP contribution in [0.4, 0.5) is 0 Å². The smallest absolute Gasteiger partial charge is 0.332 e. The van der Waals surface area contributed by atoms with Gasteiger partial charge in [0.05, 0.1) is 12.3 Å². The van der Waals surface area contributed by atoms with E-state index in [4.69, 9.17) is 4.74 Å². The van der Waals surface area contributed by atoms with Gasteiger partial charge in [-0.15, -0.1) is 0 Å². The number of aromatic nitrogens is 3. The van der Waals surface area contributed by atoms with Crippen molar-refractivity contribution in [3.63, 3.8) is 0 Å². The van der Waals surface area contributed by atoms with E-state index in [1.807, 2.05) is 30.3 Å². The molecule has 3 rings (SSSR count). The molecule has 0 saturated carbocycles. The van der Waals surface area contributed by atoms with Crippen LogP contribution >= 0.6 is 0 Å². The van der Waals surface area contributed by atoms with E-state index in [9.17, 15) is 9.59 Å². The molecule has 1 aromatic carbocycles. The molecule has 0 aliphatic rings. The van der Waals surface area contributed by atoms with Gasteiger partial charge in [-0.3, -0.25) is 4.79 Å².